The summed E-state index contributed by atoms with van der Waals surface area (Å²) in [5, 5.41) is 9.91. The van der Waals surface area contributed by atoms with Crippen LogP contribution in [0.3, 0.4) is 0 Å². The average molecular weight is 536 g/mol. The molecule has 0 saturated heterocycles. The van der Waals surface area contributed by atoms with E-state index in [1.807, 2.05) is 13.0 Å². The topological polar surface area (TPSA) is 111 Å². The molecule has 3 fully saturated rings. The van der Waals surface area contributed by atoms with E-state index in [2.05, 4.69) is 20.8 Å². The molecular formula is C32H41NO6. The lowest BCUT2D eigenvalue weighted by atomic mass is 9.38. The van der Waals surface area contributed by atoms with Crippen molar-refractivity contribution in [3.8, 4) is 6.07 Å². The highest BCUT2D eigenvalue weighted by molar-refractivity contribution is 6.15. The number of Topliss-reactive ketones (excluding diaryl/α,β-unsaturated/α-hetero) is 1. The van der Waals surface area contributed by atoms with E-state index >= 15 is 0 Å². The van der Waals surface area contributed by atoms with Crippen molar-refractivity contribution in [2.45, 2.75) is 79.6 Å². The zero-order valence-corrected chi connectivity index (χ0v) is 24.3. The van der Waals surface area contributed by atoms with E-state index in [4.69, 9.17) is 9.47 Å². The van der Waals surface area contributed by atoms with Gasteiger partial charge in [-0.15, -0.1) is 0 Å². The number of allylic oxidation sites excluding steroid dienone is 4. The summed E-state index contributed by atoms with van der Waals surface area (Å²) in [6.45, 7) is 10.2. The molecule has 8 atom stereocenters. The number of methoxy groups -OCH3 is 2. The number of esters is 2. The van der Waals surface area contributed by atoms with Gasteiger partial charge in [-0.05, 0) is 86.5 Å². The van der Waals surface area contributed by atoms with Crippen LogP contribution in [0.25, 0.3) is 0 Å². The van der Waals surface area contributed by atoms with Crippen molar-refractivity contribution < 1.29 is 28.7 Å². The predicted molar refractivity (Wildman–Crippen MR) is 143 cm³/mol. The Morgan fingerprint density at radius 3 is 2.21 bits per heavy atom. The van der Waals surface area contributed by atoms with Crippen LogP contribution in [-0.4, -0.2) is 37.7 Å². The minimum absolute atomic E-state index is 0.0219. The Labute approximate surface area is 231 Å². The first-order valence-corrected chi connectivity index (χ1v) is 14.3. The van der Waals surface area contributed by atoms with Crippen molar-refractivity contribution in [2.75, 3.05) is 14.2 Å². The van der Waals surface area contributed by atoms with Crippen LogP contribution in [0, 0.1) is 62.1 Å². The van der Waals surface area contributed by atoms with Gasteiger partial charge in [0, 0.05) is 11.3 Å². The number of rotatable bonds is 2. The fraction of sp³-hybridized carbons (Fsp3) is 0.719. The third-order valence-corrected chi connectivity index (χ3v) is 12.0. The zero-order valence-electron chi connectivity index (χ0n) is 24.3. The molecule has 39 heavy (non-hydrogen) atoms. The molecule has 0 bridgehead atoms. The number of carbonyl (C=O) groups excluding carboxylic acids is 4. The van der Waals surface area contributed by atoms with Crippen molar-refractivity contribution >= 4 is 23.5 Å². The quantitative estimate of drug-likeness (QED) is 0.355. The fourth-order valence-electron chi connectivity index (χ4n) is 9.99. The number of hydrogen-bond acceptors (Lipinski definition) is 7. The SMILES string of the molecule is COC(=O)[C@@]12CCC3C(C(=O)C=C4[C@@]5(C)C=C(C#N)C(=O)[C@](C)(C(=O)OC)C5CC[C@]43C)C1CC(C)(C)CC2. The molecule has 5 rings (SSSR count). The molecule has 5 aliphatic carbocycles. The van der Waals surface area contributed by atoms with Crippen LogP contribution >= 0.6 is 0 Å². The minimum atomic E-state index is -1.51. The highest BCUT2D eigenvalue weighted by atomic mass is 16.5. The van der Waals surface area contributed by atoms with Gasteiger partial charge in [0.2, 0.25) is 0 Å². The van der Waals surface area contributed by atoms with Gasteiger partial charge in [0.25, 0.3) is 0 Å². The van der Waals surface area contributed by atoms with Crippen LogP contribution in [0.2, 0.25) is 0 Å². The van der Waals surface area contributed by atoms with Crippen LogP contribution < -0.4 is 0 Å². The second-order valence-corrected chi connectivity index (χ2v) is 14.2. The smallest absolute Gasteiger partial charge is 0.319 e. The number of nitriles is 1. The molecule has 0 aliphatic heterocycles. The van der Waals surface area contributed by atoms with Gasteiger partial charge in [-0.3, -0.25) is 19.2 Å². The Hall–Kier alpha value is -2.75. The number of nitrogens with zero attached hydrogens (tertiary/aromatic N) is 1. The van der Waals surface area contributed by atoms with Gasteiger partial charge >= 0.3 is 11.9 Å². The molecule has 0 aromatic rings. The summed E-state index contributed by atoms with van der Waals surface area (Å²) in [5.74, 6) is -2.11. The van der Waals surface area contributed by atoms with E-state index in [-0.39, 0.29) is 45.9 Å². The van der Waals surface area contributed by atoms with E-state index in [0.717, 1.165) is 31.3 Å². The molecule has 0 aromatic heterocycles. The summed E-state index contributed by atoms with van der Waals surface area (Å²) >= 11 is 0. The maximum absolute atomic E-state index is 14.3. The highest BCUT2D eigenvalue weighted by Crippen LogP contribution is 2.70. The van der Waals surface area contributed by atoms with Gasteiger partial charge in [-0.1, -0.05) is 39.3 Å². The fourth-order valence-corrected chi connectivity index (χ4v) is 9.99. The minimum Gasteiger partial charge on any atom is -0.469 e. The van der Waals surface area contributed by atoms with Crippen molar-refractivity contribution in [3.63, 3.8) is 0 Å². The van der Waals surface area contributed by atoms with E-state index in [0.29, 0.717) is 19.3 Å². The Morgan fingerprint density at radius 2 is 1.59 bits per heavy atom. The second-order valence-electron chi connectivity index (χ2n) is 14.2. The number of ether oxygens (including phenoxy) is 2. The van der Waals surface area contributed by atoms with Crippen LogP contribution in [0.5, 0.6) is 0 Å². The van der Waals surface area contributed by atoms with Crippen molar-refractivity contribution in [1.29, 1.82) is 5.26 Å². The first kappa shape index (κ1) is 27.8. The van der Waals surface area contributed by atoms with Crippen LogP contribution in [0.4, 0.5) is 0 Å². The molecule has 0 aromatic carbocycles. The Balaban J connectivity index is 1.67. The first-order chi connectivity index (χ1) is 18.2. The molecule has 0 N–H and O–H groups in total. The molecule has 0 heterocycles. The number of fused-ring (bicyclic) bond motifs is 7. The van der Waals surface area contributed by atoms with E-state index in [9.17, 15) is 24.4 Å². The summed E-state index contributed by atoms with van der Waals surface area (Å²) in [7, 11) is 2.72. The normalized spacial score (nSPS) is 44.3. The molecule has 4 unspecified atom stereocenters. The molecule has 0 radical (unpaired) electrons. The highest BCUT2D eigenvalue weighted by Gasteiger charge is 2.69. The van der Waals surface area contributed by atoms with Gasteiger partial charge in [-0.2, -0.15) is 5.26 Å². The molecule has 0 spiro atoms. The summed E-state index contributed by atoms with van der Waals surface area (Å²) in [5.41, 5.74) is -2.48. The maximum Gasteiger partial charge on any atom is 0.319 e. The Bertz CT molecular complexity index is 1270. The van der Waals surface area contributed by atoms with Crippen LogP contribution in [-0.2, 0) is 28.7 Å². The van der Waals surface area contributed by atoms with Gasteiger partial charge < -0.3 is 9.47 Å². The predicted octanol–water partition coefficient (Wildman–Crippen LogP) is 5.14. The molecule has 3 saturated carbocycles. The van der Waals surface area contributed by atoms with Gasteiger partial charge in [0.15, 0.2) is 11.6 Å². The number of hydrogen-bond donors (Lipinski definition) is 0. The number of ketones is 2. The molecule has 7 nitrogen and oxygen atoms in total. The van der Waals surface area contributed by atoms with E-state index in [1.54, 1.807) is 19.1 Å². The lowest BCUT2D eigenvalue weighted by molar-refractivity contribution is -0.178. The second kappa shape index (κ2) is 8.62. The number of carbonyl (C=O) groups is 4. The molecule has 7 heteroatoms. The summed E-state index contributed by atoms with van der Waals surface area (Å²) in [6, 6.07) is 2.03. The first-order valence-electron chi connectivity index (χ1n) is 14.3. The Morgan fingerprint density at radius 1 is 0.923 bits per heavy atom. The van der Waals surface area contributed by atoms with Crippen molar-refractivity contribution in [1.82, 2.24) is 0 Å². The van der Waals surface area contributed by atoms with Crippen molar-refractivity contribution in [2.24, 2.45) is 50.7 Å². The van der Waals surface area contributed by atoms with Crippen LogP contribution in [0.1, 0.15) is 79.6 Å². The van der Waals surface area contributed by atoms with Gasteiger partial charge in [0.1, 0.15) is 11.5 Å². The lowest BCUT2D eigenvalue weighted by Crippen LogP contribution is -2.63. The third-order valence-electron chi connectivity index (χ3n) is 12.0. The lowest BCUT2D eigenvalue weighted by Gasteiger charge is -2.64. The van der Waals surface area contributed by atoms with Crippen molar-refractivity contribution in [3.05, 3.63) is 23.3 Å². The van der Waals surface area contributed by atoms with E-state index in [1.165, 1.54) is 14.2 Å². The molecule has 210 valence electrons. The third kappa shape index (κ3) is 3.45. The summed E-state index contributed by atoms with van der Waals surface area (Å²) in [4.78, 5) is 54.1. The average Bonchev–Trinajstić information content (AvgIpc) is 2.90. The van der Waals surface area contributed by atoms with Gasteiger partial charge in [-0.25, -0.2) is 0 Å². The van der Waals surface area contributed by atoms with E-state index < -0.39 is 33.9 Å². The standard InChI is InChI=1S/C32H41NO6/c1-28(2)12-13-32(27(37)39-7)11-8-19-24(20(32)16-28)21(34)14-23-29(19,3)10-9-22-30(23,4)15-18(17-33)25(35)31(22,5)26(36)38-6/h14-15,19-20,22,24H,8-13,16H2,1-7H3/t19?,20?,22?,24?,29-,30-,31+,32+/m0/s1. The molecular weight excluding hydrogens is 494 g/mol. The Kier molecular flexibility index (Phi) is 6.15. The zero-order chi connectivity index (χ0) is 28.8. The van der Waals surface area contributed by atoms with Crippen LogP contribution in [0.15, 0.2) is 23.3 Å². The monoisotopic (exact) mass is 535 g/mol. The molecule has 5 aliphatic rings. The van der Waals surface area contributed by atoms with Gasteiger partial charge in [0.05, 0.1) is 25.2 Å². The summed E-state index contributed by atoms with van der Waals surface area (Å²) in [6.07, 6.45) is 8.65. The summed E-state index contributed by atoms with van der Waals surface area (Å²) < 4.78 is 10.5. The largest absolute Gasteiger partial charge is 0.469 e. The molecule has 0 amide bonds. The maximum atomic E-state index is 14.3.